The summed E-state index contributed by atoms with van der Waals surface area (Å²) in [5.74, 6) is -0.636. The van der Waals surface area contributed by atoms with Crippen LogP contribution in [0, 0.1) is 6.92 Å². The topological polar surface area (TPSA) is 104 Å². The zero-order chi connectivity index (χ0) is 19.8. The number of hydrogen-bond donors (Lipinski definition) is 2. The highest BCUT2D eigenvalue weighted by Gasteiger charge is 2.40. The Kier molecular flexibility index (Phi) is 7.45. The minimum atomic E-state index is -0.631. The molecular formula is C19H27N5O3. The van der Waals surface area contributed by atoms with E-state index in [4.69, 9.17) is 0 Å². The molecule has 0 saturated carbocycles. The minimum Gasteiger partial charge on any atom is -0.355 e. The van der Waals surface area contributed by atoms with Crippen molar-refractivity contribution in [2.45, 2.75) is 52.1 Å². The Labute approximate surface area is 159 Å². The number of likely N-dealkylation sites (tertiary alicyclic amines) is 1. The Hall–Kier alpha value is -2.77. The zero-order valence-electron chi connectivity index (χ0n) is 16.1. The van der Waals surface area contributed by atoms with Crippen molar-refractivity contribution in [1.29, 1.82) is 0 Å². The van der Waals surface area contributed by atoms with Crippen LogP contribution < -0.4 is 10.6 Å². The van der Waals surface area contributed by atoms with Gasteiger partial charge in [-0.05, 0) is 26.7 Å². The van der Waals surface area contributed by atoms with Gasteiger partial charge >= 0.3 is 0 Å². The van der Waals surface area contributed by atoms with Gasteiger partial charge in [-0.2, -0.15) is 0 Å². The number of aromatic nitrogens is 2. The zero-order valence-corrected chi connectivity index (χ0v) is 16.1. The Morgan fingerprint density at radius 2 is 2.07 bits per heavy atom. The van der Waals surface area contributed by atoms with E-state index < -0.39 is 6.04 Å². The van der Waals surface area contributed by atoms with Crippen LogP contribution in [0.5, 0.6) is 0 Å². The van der Waals surface area contributed by atoms with Gasteiger partial charge in [-0.15, -0.1) is 0 Å². The van der Waals surface area contributed by atoms with Gasteiger partial charge in [0.25, 0.3) is 5.91 Å². The van der Waals surface area contributed by atoms with Gasteiger partial charge < -0.3 is 15.5 Å². The third kappa shape index (κ3) is 5.35. The molecule has 0 bridgehead atoms. The normalized spacial score (nSPS) is 19.3. The summed E-state index contributed by atoms with van der Waals surface area (Å²) in [5.41, 5.74) is 0.923. The van der Waals surface area contributed by atoms with Crippen LogP contribution in [-0.4, -0.2) is 57.8 Å². The second-order valence-electron chi connectivity index (χ2n) is 6.47. The highest BCUT2D eigenvalue weighted by Crippen LogP contribution is 2.22. The van der Waals surface area contributed by atoms with Gasteiger partial charge in [0.05, 0.1) is 11.3 Å². The molecule has 8 nitrogen and oxygen atoms in total. The molecule has 0 unspecified atom stereocenters. The first-order chi connectivity index (χ1) is 13.0. The quantitative estimate of drug-likeness (QED) is 0.693. The number of carbonyl (C=O) groups excluding carboxylic acids is 3. The van der Waals surface area contributed by atoms with Crippen molar-refractivity contribution in [2.75, 3.05) is 13.1 Å². The Morgan fingerprint density at radius 1 is 1.30 bits per heavy atom. The molecule has 8 heteroatoms. The molecule has 2 N–H and O–H groups in total. The fourth-order valence-corrected chi connectivity index (χ4v) is 3.10. The van der Waals surface area contributed by atoms with Gasteiger partial charge in [0.15, 0.2) is 0 Å². The Bertz CT molecular complexity index is 719. The van der Waals surface area contributed by atoms with E-state index in [1.54, 1.807) is 6.92 Å². The molecule has 2 rings (SSSR count). The molecular weight excluding hydrogens is 346 g/mol. The van der Waals surface area contributed by atoms with Crippen molar-refractivity contribution in [2.24, 2.45) is 0 Å². The monoisotopic (exact) mass is 373 g/mol. The SMILES string of the molecule is CCC=CCC(=O)N[C@H]1C[C@@H](C(=O)NCC)N(C(=O)c2cncnc2C)C1. The van der Waals surface area contributed by atoms with Crippen LogP contribution in [0.4, 0.5) is 0 Å². The number of amides is 3. The molecule has 2 heterocycles. The Morgan fingerprint density at radius 3 is 2.74 bits per heavy atom. The van der Waals surface area contributed by atoms with E-state index in [0.29, 0.717) is 24.2 Å². The van der Waals surface area contributed by atoms with E-state index in [-0.39, 0.29) is 36.7 Å². The van der Waals surface area contributed by atoms with Crippen LogP contribution >= 0.6 is 0 Å². The molecule has 2 atom stereocenters. The number of allylic oxidation sites excluding steroid dienone is 1. The van der Waals surface area contributed by atoms with Crippen LogP contribution in [0.3, 0.4) is 0 Å². The third-order valence-electron chi connectivity index (χ3n) is 4.43. The van der Waals surface area contributed by atoms with Crippen LogP contribution in [0.15, 0.2) is 24.7 Å². The lowest BCUT2D eigenvalue weighted by molar-refractivity contribution is -0.125. The molecule has 1 aromatic heterocycles. The Balaban J connectivity index is 2.14. The molecule has 1 fully saturated rings. The summed E-state index contributed by atoms with van der Waals surface area (Å²) in [6, 6.07) is -0.900. The number of carbonyl (C=O) groups is 3. The maximum Gasteiger partial charge on any atom is 0.258 e. The van der Waals surface area contributed by atoms with E-state index in [0.717, 1.165) is 6.42 Å². The summed E-state index contributed by atoms with van der Waals surface area (Å²) in [4.78, 5) is 47.0. The van der Waals surface area contributed by atoms with Crippen LogP contribution in [0.2, 0.25) is 0 Å². The molecule has 1 aliphatic heterocycles. The second kappa shape index (κ2) is 9.80. The molecule has 146 valence electrons. The van der Waals surface area contributed by atoms with Gasteiger partial charge in [0.2, 0.25) is 11.8 Å². The first-order valence-corrected chi connectivity index (χ1v) is 9.27. The van der Waals surface area contributed by atoms with Gasteiger partial charge in [0, 0.05) is 31.7 Å². The molecule has 1 saturated heterocycles. The van der Waals surface area contributed by atoms with Crippen LogP contribution in [0.25, 0.3) is 0 Å². The second-order valence-corrected chi connectivity index (χ2v) is 6.47. The van der Waals surface area contributed by atoms with Crippen molar-refractivity contribution in [3.8, 4) is 0 Å². The van der Waals surface area contributed by atoms with E-state index in [1.165, 1.54) is 17.4 Å². The standard InChI is InChI=1S/C19H27N5O3/c1-4-6-7-8-17(25)23-14-9-16(18(26)21-5-2)24(11-14)19(27)15-10-20-12-22-13(15)3/h6-7,10,12,14,16H,4-5,8-9,11H2,1-3H3,(H,21,26)(H,23,25)/t14-,16-/m0/s1. The van der Waals surface area contributed by atoms with Crippen LogP contribution in [-0.2, 0) is 9.59 Å². The van der Waals surface area contributed by atoms with Crippen molar-refractivity contribution in [1.82, 2.24) is 25.5 Å². The molecule has 0 aliphatic carbocycles. The van der Waals surface area contributed by atoms with Crippen molar-refractivity contribution in [3.63, 3.8) is 0 Å². The third-order valence-corrected chi connectivity index (χ3v) is 4.43. The van der Waals surface area contributed by atoms with E-state index in [9.17, 15) is 14.4 Å². The predicted molar refractivity (Wildman–Crippen MR) is 101 cm³/mol. The maximum atomic E-state index is 13.0. The van der Waals surface area contributed by atoms with E-state index >= 15 is 0 Å². The predicted octanol–water partition coefficient (Wildman–Crippen LogP) is 0.977. The lowest BCUT2D eigenvalue weighted by Crippen LogP contribution is -2.46. The highest BCUT2D eigenvalue weighted by atomic mass is 16.2. The smallest absolute Gasteiger partial charge is 0.258 e. The molecule has 3 amide bonds. The van der Waals surface area contributed by atoms with Gasteiger partial charge in [-0.3, -0.25) is 14.4 Å². The van der Waals surface area contributed by atoms with Gasteiger partial charge in [-0.25, -0.2) is 9.97 Å². The fourth-order valence-electron chi connectivity index (χ4n) is 3.10. The van der Waals surface area contributed by atoms with Gasteiger partial charge in [0.1, 0.15) is 12.4 Å². The minimum absolute atomic E-state index is 0.118. The maximum absolute atomic E-state index is 13.0. The number of aryl methyl sites for hydroxylation is 1. The van der Waals surface area contributed by atoms with Crippen LogP contribution in [0.1, 0.15) is 49.2 Å². The van der Waals surface area contributed by atoms with E-state index in [1.807, 2.05) is 26.0 Å². The molecule has 0 radical (unpaired) electrons. The van der Waals surface area contributed by atoms with E-state index in [2.05, 4.69) is 20.6 Å². The fraction of sp³-hybridized carbons (Fsp3) is 0.526. The lowest BCUT2D eigenvalue weighted by Gasteiger charge is -2.24. The van der Waals surface area contributed by atoms with Crippen molar-refractivity contribution < 1.29 is 14.4 Å². The first-order valence-electron chi connectivity index (χ1n) is 9.27. The molecule has 1 aromatic rings. The summed E-state index contributed by atoms with van der Waals surface area (Å²) in [6.45, 7) is 6.31. The molecule has 27 heavy (non-hydrogen) atoms. The summed E-state index contributed by atoms with van der Waals surface area (Å²) >= 11 is 0. The summed E-state index contributed by atoms with van der Waals surface area (Å²) in [5, 5.41) is 5.69. The number of nitrogens with zero attached hydrogens (tertiary/aromatic N) is 3. The number of hydrogen-bond acceptors (Lipinski definition) is 5. The molecule has 1 aliphatic rings. The highest BCUT2D eigenvalue weighted by molar-refractivity contribution is 5.98. The van der Waals surface area contributed by atoms with Crippen molar-refractivity contribution >= 4 is 17.7 Å². The summed E-state index contributed by atoms with van der Waals surface area (Å²) < 4.78 is 0. The number of nitrogens with one attached hydrogen (secondary N) is 2. The number of rotatable bonds is 7. The molecule has 0 aromatic carbocycles. The average Bonchev–Trinajstić information content (AvgIpc) is 3.06. The summed E-state index contributed by atoms with van der Waals surface area (Å²) in [7, 11) is 0. The first kappa shape index (κ1) is 20.5. The van der Waals surface area contributed by atoms with Crippen molar-refractivity contribution in [3.05, 3.63) is 35.9 Å². The average molecular weight is 373 g/mol. The number of likely N-dealkylation sites (N-methyl/N-ethyl adjacent to an activating group) is 1. The van der Waals surface area contributed by atoms with Gasteiger partial charge in [-0.1, -0.05) is 19.1 Å². The largest absolute Gasteiger partial charge is 0.355 e. The lowest BCUT2D eigenvalue weighted by atomic mass is 10.1. The summed E-state index contributed by atoms with van der Waals surface area (Å²) in [6.07, 6.45) is 8.13. The molecule has 0 spiro atoms.